The number of carboxylic acid groups (broad SMARTS) is 1. The molecule has 4 aromatic rings. The normalized spacial score (nSPS) is 14.8. The Kier molecular flexibility index (Phi) is 6.13. The lowest BCUT2D eigenvalue weighted by molar-refractivity contribution is -0.137. The molecule has 2 aromatic heterocycles. The number of carboxylic acids is 1. The topological polar surface area (TPSA) is 111 Å². The molecule has 36 heavy (non-hydrogen) atoms. The molecule has 0 radical (unpaired) electrons. The van der Waals surface area contributed by atoms with Gasteiger partial charge in [-0.2, -0.15) is 4.98 Å². The van der Waals surface area contributed by atoms with Crippen LogP contribution in [-0.4, -0.2) is 29.8 Å². The highest BCUT2D eigenvalue weighted by Crippen LogP contribution is 2.37. The lowest BCUT2D eigenvalue weighted by Gasteiger charge is -2.12. The summed E-state index contributed by atoms with van der Waals surface area (Å²) in [7, 11) is 3.27. The molecule has 2 heterocycles. The van der Waals surface area contributed by atoms with Gasteiger partial charge in [-0.3, -0.25) is 18.7 Å². The molecule has 5 rings (SSSR count). The van der Waals surface area contributed by atoms with Crippen molar-refractivity contribution in [1.29, 1.82) is 0 Å². The van der Waals surface area contributed by atoms with Crippen molar-refractivity contribution in [2.45, 2.75) is 31.7 Å². The molecule has 11 heteroatoms. The minimum absolute atomic E-state index is 0.0298. The number of carbonyl (C=O) groups is 1. The zero-order valence-corrected chi connectivity index (χ0v) is 21.1. The van der Waals surface area contributed by atoms with Gasteiger partial charge in [0.25, 0.3) is 5.56 Å². The average molecular weight is 528 g/mol. The maximum absolute atomic E-state index is 13.4. The van der Waals surface area contributed by atoms with Crippen LogP contribution in [0.3, 0.4) is 0 Å². The smallest absolute Gasteiger partial charge is 0.332 e. The maximum atomic E-state index is 13.4. The number of aliphatic carboxylic acids is 1. The van der Waals surface area contributed by atoms with E-state index in [1.165, 1.54) is 4.57 Å². The molecule has 0 saturated carbocycles. The Labute approximate surface area is 215 Å². The second-order valence-electron chi connectivity index (χ2n) is 9.02. The summed E-state index contributed by atoms with van der Waals surface area (Å²) in [5, 5.41) is 13.2. The summed E-state index contributed by atoms with van der Waals surface area (Å²) in [6, 6.07) is 10.8. The van der Waals surface area contributed by atoms with Crippen molar-refractivity contribution in [2.24, 2.45) is 14.1 Å². The Bertz CT molecular complexity index is 1650. The summed E-state index contributed by atoms with van der Waals surface area (Å²) in [6.45, 7) is 0.0298. The van der Waals surface area contributed by atoms with Gasteiger partial charge in [0.2, 0.25) is 5.95 Å². The third-order valence-corrected chi connectivity index (χ3v) is 7.45. The largest absolute Gasteiger partial charge is 0.481 e. The van der Waals surface area contributed by atoms with E-state index >= 15 is 0 Å². The van der Waals surface area contributed by atoms with Crippen LogP contribution in [0.4, 0.5) is 11.6 Å². The number of nitrogens with zero attached hydrogens (tertiary/aromatic N) is 4. The first-order valence-corrected chi connectivity index (χ1v) is 12.1. The monoisotopic (exact) mass is 527 g/mol. The van der Waals surface area contributed by atoms with Crippen molar-refractivity contribution < 1.29 is 9.90 Å². The van der Waals surface area contributed by atoms with Crippen LogP contribution in [0.15, 0.2) is 46.0 Å². The molecule has 1 unspecified atom stereocenters. The molecule has 186 valence electrons. The number of imidazole rings is 1. The highest BCUT2D eigenvalue weighted by atomic mass is 35.5. The van der Waals surface area contributed by atoms with Crippen LogP contribution in [0, 0.1) is 0 Å². The van der Waals surface area contributed by atoms with Gasteiger partial charge >= 0.3 is 11.7 Å². The molecule has 0 bridgehead atoms. The molecule has 0 saturated heterocycles. The molecule has 0 amide bonds. The Morgan fingerprint density at radius 1 is 1.11 bits per heavy atom. The molecule has 9 nitrogen and oxygen atoms in total. The van der Waals surface area contributed by atoms with Crippen molar-refractivity contribution in [2.75, 3.05) is 5.32 Å². The molecule has 0 fully saturated rings. The van der Waals surface area contributed by atoms with E-state index < -0.39 is 17.2 Å². The summed E-state index contributed by atoms with van der Waals surface area (Å²) in [5.41, 5.74) is 3.09. The van der Waals surface area contributed by atoms with Crippen molar-refractivity contribution in [1.82, 2.24) is 18.7 Å². The molecule has 1 aliphatic carbocycles. The average Bonchev–Trinajstić information content (AvgIpc) is 3.38. The number of anilines is 2. The molecule has 0 spiro atoms. The quantitative estimate of drug-likeness (QED) is 0.391. The first-order chi connectivity index (χ1) is 17.1. The van der Waals surface area contributed by atoms with Crippen LogP contribution >= 0.6 is 23.2 Å². The Morgan fingerprint density at radius 3 is 2.61 bits per heavy atom. The van der Waals surface area contributed by atoms with Crippen molar-refractivity contribution in [3.05, 3.63) is 84.0 Å². The number of benzene rings is 2. The second-order valence-corrected chi connectivity index (χ2v) is 9.83. The number of aromatic nitrogens is 4. The second kappa shape index (κ2) is 9.15. The van der Waals surface area contributed by atoms with E-state index in [4.69, 9.17) is 23.2 Å². The van der Waals surface area contributed by atoms with Crippen molar-refractivity contribution >= 4 is 52.0 Å². The van der Waals surface area contributed by atoms with E-state index in [1.807, 2.05) is 18.2 Å². The summed E-state index contributed by atoms with van der Waals surface area (Å²) in [5.74, 6) is -0.467. The lowest BCUT2D eigenvalue weighted by atomic mass is 9.97. The van der Waals surface area contributed by atoms with Gasteiger partial charge in [-0.1, -0.05) is 35.3 Å². The molecule has 2 aromatic carbocycles. The number of rotatable bonds is 6. The molecule has 1 aliphatic rings. The fourth-order valence-electron chi connectivity index (χ4n) is 4.83. The minimum Gasteiger partial charge on any atom is -0.481 e. The van der Waals surface area contributed by atoms with Crippen LogP contribution in [0.1, 0.15) is 35.4 Å². The predicted octanol–water partition coefficient (Wildman–Crippen LogP) is 4.04. The highest BCUT2D eigenvalue weighted by molar-refractivity contribution is 6.42. The Morgan fingerprint density at radius 2 is 1.89 bits per heavy atom. The van der Waals surface area contributed by atoms with E-state index in [0.717, 1.165) is 34.2 Å². The van der Waals surface area contributed by atoms with Crippen LogP contribution in [0.25, 0.3) is 11.2 Å². The number of hydrogen-bond acceptors (Lipinski definition) is 5. The van der Waals surface area contributed by atoms with Gasteiger partial charge in [0.05, 0.1) is 23.0 Å². The van der Waals surface area contributed by atoms with Crippen LogP contribution < -0.4 is 16.6 Å². The van der Waals surface area contributed by atoms with Crippen molar-refractivity contribution in [3.63, 3.8) is 0 Å². The van der Waals surface area contributed by atoms with Crippen molar-refractivity contribution in [3.8, 4) is 0 Å². The molecular weight excluding hydrogens is 505 g/mol. The lowest BCUT2D eigenvalue weighted by Crippen LogP contribution is -2.39. The van der Waals surface area contributed by atoms with E-state index in [2.05, 4.69) is 10.3 Å². The first kappa shape index (κ1) is 24.1. The molecular formula is C25H23Cl2N5O4. The maximum Gasteiger partial charge on any atom is 0.332 e. The SMILES string of the molecule is Cn1c(Nc2ccc3c(c2)C(CC(=O)O)CC3)nc2c1c(=O)n(Cc1ccc(Cl)c(Cl)c1)c(=O)n2C. The minimum atomic E-state index is -0.820. The number of fused-ring (bicyclic) bond motifs is 2. The molecule has 1 atom stereocenters. The molecule has 0 aliphatic heterocycles. The Hall–Kier alpha value is -3.56. The van der Waals surface area contributed by atoms with E-state index in [0.29, 0.717) is 21.6 Å². The zero-order chi connectivity index (χ0) is 25.7. The zero-order valence-electron chi connectivity index (χ0n) is 19.6. The van der Waals surface area contributed by atoms with Crippen LogP contribution in [-0.2, 0) is 31.9 Å². The number of nitrogens with one attached hydrogen (secondary N) is 1. The van der Waals surface area contributed by atoms with Gasteiger partial charge in [0, 0.05) is 19.8 Å². The predicted molar refractivity (Wildman–Crippen MR) is 139 cm³/mol. The van der Waals surface area contributed by atoms with Gasteiger partial charge in [-0.25, -0.2) is 4.79 Å². The summed E-state index contributed by atoms with van der Waals surface area (Å²) < 4.78 is 4.09. The van der Waals surface area contributed by atoms with Gasteiger partial charge in [-0.05, 0) is 59.7 Å². The third kappa shape index (κ3) is 4.18. The van der Waals surface area contributed by atoms with Gasteiger partial charge < -0.3 is 15.0 Å². The first-order valence-electron chi connectivity index (χ1n) is 11.4. The van der Waals surface area contributed by atoms with E-state index in [1.54, 1.807) is 36.9 Å². The number of hydrogen-bond donors (Lipinski definition) is 2. The van der Waals surface area contributed by atoms with E-state index in [-0.39, 0.29) is 30.0 Å². The summed E-state index contributed by atoms with van der Waals surface area (Å²) in [6.07, 6.45) is 1.74. The summed E-state index contributed by atoms with van der Waals surface area (Å²) >= 11 is 12.1. The fraction of sp³-hybridized carbons (Fsp3) is 0.280. The standard InChI is InChI=1S/C25H23Cl2N5O4/c1-30-21-22(31(2)25(36)32(23(21)35)12-13-3-8-18(26)19(27)9-13)29-24(30)28-16-7-6-14-4-5-15(10-20(33)34)17(14)11-16/h3,6-9,11,15H,4-5,10,12H2,1-2H3,(H,28,29)(H,33,34). The van der Waals surface area contributed by atoms with Crippen LogP contribution in [0.5, 0.6) is 0 Å². The van der Waals surface area contributed by atoms with E-state index in [9.17, 15) is 19.5 Å². The highest BCUT2D eigenvalue weighted by Gasteiger charge is 2.25. The fourth-order valence-corrected chi connectivity index (χ4v) is 5.15. The number of aryl methyl sites for hydroxylation is 3. The summed E-state index contributed by atoms with van der Waals surface area (Å²) in [4.78, 5) is 42.2. The van der Waals surface area contributed by atoms with Gasteiger partial charge in [-0.15, -0.1) is 0 Å². The Balaban J connectivity index is 1.53. The van der Waals surface area contributed by atoms with Gasteiger partial charge in [0.1, 0.15) is 0 Å². The third-order valence-electron chi connectivity index (χ3n) is 6.71. The number of halogens is 2. The van der Waals surface area contributed by atoms with Gasteiger partial charge in [0.15, 0.2) is 11.2 Å². The van der Waals surface area contributed by atoms with Crippen LogP contribution in [0.2, 0.25) is 10.0 Å². The molecule has 2 N–H and O–H groups in total.